The molecule has 3 rings (SSSR count). The molecular weight excluding hydrogens is 394 g/mol. The molecule has 0 atom stereocenters. The lowest BCUT2D eigenvalue weighted by Gasteiger charge is -2.04. The van der Waals surface area contributed by atoms with E-state index >= 15 is 0 Å². The van der Waals surface area contributed by atoms with Gasteiger partial charge in [-0.2, -0.15) is 0 Å². The Morgan fingerprint density at radius 2 is 0.968 bits per heavy atom. The van der Waals surface area contributed by atoms with Crippen LogP contribution in [0.15, 0.2) is 0 Å². The van der Waals surface area contributed by atoms with Gasteiger partial charge < -0.3 is 25.2 Å². The summed E-state index contributed by atoms with van der Waals surface area (Å²) in [4.78, 5) is 32.8. The molecule has 5 N–H and O–H groups in total. The summed E-state index contributed by atoms with van der Waals surface area (Å²) >= 11 is 0. The molecule has 0 aliphatic rings. The minimum atomic E-state index is -0.943. The Kier molecular flexibility index (Phi) is 6.15. The lowest BCUT2D eigenvalue weighted by Crippen LogP contribution is -2.00. The summed E-state index contributed by atoms with van der Waals surface area (Å²) in [5, 5.41) is 18.9. The van der Waals surface area contributed by atoms with Gasteiger partial charge in [0.05, 0.1) is 0 Å². The zero-order valence-electron chi connectivity index (χ0n) is 19.0. The monoisotopic (exact) mass is 425 g/mol. The molecule has 0 aliphatic heterocycles. The van der Waals surface area contributed by atoms with Crippen LogP contribution in [0.25, 0.3) is 0 Å². The second-order valence-corrected chi connectivity index (χ2v) is 8.17. The molecule has 0 radical (unpaired) electrons. The molecule has 0 amide bonds. The van der Waals surface area contributed by atoms with Crippen molar-refractivity contribution in [2.45, 2.75) is 67.2 Å². The van der Waals surface area contributed by atoms with Gasteiger partial charge in [0.1, 0.15) is 11.4 Å². The van der Waals surface area contributed by atoms with Crippen molar-refractivity contribution in [2.24, 2.45) is 0 Å². The van der Waals surface area contributed by atoms with Gasteiger partial charge in [-0.15, -0.1) is 0 Å². The number of nitrogens with one attached hydrogen (secondary N) is 3. The van der Waals surface area contributed by atoms with Crippen LogP contribution in [-0.4, -0.2) is 37.1 Å². The maximum atomic E-state index is 11.5. The number of carboxylic acids is 2. The van der Waals surface area contributed by atoms with E-state index < -0.39 is 11.9 Å². The fraction of sp³-hybridized carbons (Fsp3) is 0.417. The second-order valence-electron chi connectivity index (χ2n) is 8.17. The van der Waals surface area contributed by atoms with E-state index in [2.05, 4.69) is 28.8 Å². The molecule has 0 aromatic carbocycles. The van der Waals surface area contributed by atoms with Crippen LogP contribution in [0.5, 0.6) is 0 Å². The molecule has 0 aliphatic carbocycles. The number of carboxylic acid groups (broad SMARTS) is 2. The highest BCUT2D eigenvalue weighted by molar-refractivity contribution is 5.88. The molecule has 0 bridgehead atoms. The van der Waals surface area contributed by atoms with Gasteiger partial charge in [-0.05, 0) is 73.9 Å². The first-order valence-electron chi connectivity index (χ1n) is 10.6. The first-order chi connectivity index (χ1) is 14.6. The first-order valence-corrected chi connectivity index (χ1v) is 10.6. The van der Waals surface area contributed by atoms with Crippen LogP contribution >= 0.6 is 0 Å². The van der Waals surface area contributed by atoms with Crippen molar-refractivity contribution in [2.75, 3.05) is 0 Å². The third-order valence-electron chi connectivity index (χ3n) is 6.55. The summed E-state index contributed by atoms with van der Waals surface area (Å²) in [6, 6.07) is 0. The van der Waals surface area contributed by atoms with Gasteiger partial charge in [0.15, 0.2) is 0 Å². The second kappa shape index (κ2) is 8.49. The van der Waals surface area contributed by atoms with Gasteiger partial charge in [0.2, 0.25) is 0 Å². The molecule has 7 heteroatoms. The van der Waals surface area contributed by atoms with Crippen molar-refractivity contribution < 1.29 is 19.8 Å². The fourth-order valence-electron chi connectivity index (χ4n) is 4.61. The summed E-state index contributed by atoms with van der Waals surface area (Å²) < 4.78 is 0. The van der Waals surface area contributed by atoms with Crippen molar-refractivity contribution in [3.63, 3.8) is 0 Å². The molecular formula is C24H31N3O4. The minimum Gasteiger partial charge on any atom is -0.477 e. The van der Waals surface area contributed by atoms with E-state index in [1.165, 1.54) is 0 Å². The van der Waals surface area contributed by atoms with E-state index in [9.17, 15) is 19.8 Å². The molecule has 166 valence electrons. The van der Waals surface area contributed by atoms with Gasteiger partial charge in [-0.1, -0.05) is 13.8 Å². The standard InChI is InChI=1S/C24H31N3O4/c1-7-15-13(5)21(23(28)29)26-19(15)9-17-11(3)12(4)18(25-17)10-20-16(8-2)14(6)22(27-20)24(30)31/h25-27H,7-10H2,1-6H3,(H,28,29)(H,30,31). The highest BCUT2D eigenvalue weighted by Crippen LogP contribution is 2.28. The minimum absolute atomic E-state index is 0.253. The van der Waals surface area contributed by atoms with Crippen LogP contribution in [-0.2, 0) is 25.7 Å². The van der Waals surface area contributed by atoms with Gasteiger partial charge >= 0.3 is 11.9 Å². The average molecular weight is 426 g/mol. The molecule has 0 unspecified atom stereocenters. The number of aromatic amines is 3. The predicted octanol–water partition coefficient (Wildman–Crippen LogP) is 4.61. The van der Waals surface area contributed by atoms with Crippen LogP contribution in [0.4, 0.5) is 0 Å². The Hall–Kier alpha value is -3.22. The first kappa shape index (κ1) is 22.5. The molecule has 31 heavy (non-hydrogen) atoms. The molecule has 0 saturated heterocycles. The van der Waals surface area contributed by atoms with Crippen LogP contribution < -0.4 is 0 Å². The zero-order chi connectivity index (χ0) is 23.0. The topological polar surface area (TPSA) is 122 Å². The quantitative estimate of drug-likeness (QED) is 0.362. The smallest absolute Gasteiger partial charge is 0.352 e. The molecule has 0 fully saturated rings. The summed E-state index contributed by atoms with van der Waals surface area (Å²) in [5.74, 6) is -1.89. The van der Waals surface area contributed by atoms with Gasteiger partial charge in [-0.3, -0.25) is 0 Å². The molecule has 0 saturated carbocycles. The number of aromatic nitrogens is 3. The predicted molar refractivity (Wildman–Crippen MR) is 120 cm³/mol. The third kappa shape index (κ3) is 3.92. The number of carbonyl (C=O) groups is 2. The van der Waals surface area contributed by atoms with Gasteiger partial charge in [0.25, 0.3) is 0 Å². The highest BCUT2D eigenvalue weighted by atomic mass is 16.4. The number of rotatable bonds is 8. The SMILES string of the molecule is CCc1c(Cc2[nH]c(Cc3[nH]c(C(=O)O)c(C)c3CC)c(C)c2C)[nH]c(C(=O)O)c1C. The number of aromatic carboxylic acids is 2. The van der Waals surface area contributed by atoms with Crippen LogP contribution in [0.2, 0.25) is 0 Å². The molecule has 7 nitrogen and oxygen atoms in total. The van der Waals surface area contributed by atoms with E-state index in [0.717, 1.165) is 69.0 Å². The Morgan fingerprint density at radius 1 is 0.613 bits per heavy atom. The molecule has 0 spiro atoms. The largest absolute Gasteiger partial charge is 0.477 e. The average Bonchev–Trinajstić information content (AvgIpc) is 3.29. The zero-order valence-corrected chi connectivity index (χ0v) is 19.0. The van der Waals surface area contributed by atoms with Crippen LogP contribution in [0.3, 0.4) is 0 Å². The Labute approximate surface area is 181 Å². The van der Waals surface area contributed by atoms with Crippen LogP contribution in [0.1, 0.15) is 91.0 Å². The fourth-order valence-corrected chi connectivity index (χ4v) is 4.61. The Morgan fingerprint density at radius 3 is 1.26 bits per heavy atom. The van der Waals surface area contributed by atoms with Crippen molar-refractivity contribution in [3.05, 3.63) is 67.5 Å². The van der Waals surface area contributed by atoms with E-state index in [1.54, 1.807) is 0 Å². The van der Waals surface area contributed by atoms with Crippen LogP contribution in [0, 0.1) is 27.7 Å². The molecule has 3 aromatic rings. The lowest BCUT2D eigenvalue weighted by molar-refractivity contribution is 0.0679. The lowest BCUT2D eigenvalue weighted by atomic mass is 10.0. The Balaban J connectivity index is 1.97. The number of H-pyrrole nitrogens is 3. The summed E-state index contributed by atoms with van der Waals surface area (Å²) in [5.41, 5.74) is 10.4. The number of hydrogen-bond acceptors (Lipinski definition) is 2. The normalized spacial score (nSPS) is 11.3. The van der Waals surface area contributed by atoms with Crippen molar-refractivity contribution >= 4 is 11.9 Å². The van der Waals surface area contributed by atoms with E-state index in [4.69, 9.17) is 0 Å². The van der Waals surface area contributed by atoms with Gasteiger partial charge in [0, 0.05) is 35.6 Å². The maximum absolute atomic E-state index is 11.5. The summed E-state index contributed by atoms with van der Waals surface area (Å²) in [6.07, 6.45) is 2.70. The Bertz CT molecular complexity index is 1070. The van der Waals surface area contributed by atoms with E-state index in [0.29, 0.717) is 12.8 Å². The molecule has 3 heterocycles. The van der Waals surface area contributed by atoms with Crippen molar-refractivity contribution in [1.29, 1.82) is 0 Å². The number of hydrogen-bond donors (Lipinski definition) is 5. The highest BCUT2D eigenvalue weighted by Gasteiger charge is 2.22. The summed E-state index contributed by atoms with van der Waals surface area (Å²) in [7, 11) is 0. The van der Waals surface area contributed by atoms with Crippen molar-refractivity contribution in [1.82, 2.24) is 15.0 Å². The summed E-state index contributed by atoms with van der Waals surface area (Å²) in [6.45, 7) is 11.9. The maximum Gasteiger partial charge on any atom is 0.352 e. The van der Waals surface area contributed by atoms with Crippen molar-refractivity contribution in [3.8, 4) is 0 Å². The third-order valence-corrected chi connectivity index (χ3v) is 6.55. The van der Waals surface area contributed by atoms with Gasteiger partial charge in [-0.25, -0.2) is 9.59 Å². The molecule has 3 aromatic heterocycles. The van der Waals surface area contributed by atoms with E-state index in [-0.39, 0.29) is 11.4 Å². The van der Waals surface area contributed by atoms with E-state index in [1.807, 2.05) is 27.7 Å².